The Hall–Kier alpha value is -2.29. The molecule has 3 aromatic carbocycles. The number of hydrogen-bond acceptors (Lipinski definition) is 2. The number of nitrogens with one attached hydrogen (secondary N) is 1. The second-order valence-electron chi connectivity index (χ2n) is 4.86. The van der Waals surface area contributed by atoms with Crippen LogP contribution in [0.2, 0.25) is 0 Å². The summed E-state index contributed by atoms with van der Waals surface area (Å²) < 4.78 is 0. The quantitative estimate of drug-likeness (QED) is 0.542. The Balaban J connectivity index is 0.000000377. The van der Waals surface area contributed by atoms with E-state index in [9.17, 15) is 9.90 Å². The summed E-state index contributed by atoms with van der Waals surface area (Å²) in [5.74, 6) is -0.838. The number of benzene rings is 1. The van der Waals surface area contributed by atoms with Gasteiger partial charge in [-0.25, -0.2) is 24.3 Å². The first kappa shape index (κ1) is 18.8. The minimum absolute atomic E-state index is 0. The van der Waals surface area contributed by atoms with Crippen molar-refractivity contribution in [2.75, 3.05) is 5.32 Å². The smallest absolute Gasteiger partial charge is 0.480 e. The van der Waals surface area contributed by atoms with Crippen molar-refractivity contribution in [2.45, 2.75) is 12.5 Å². The number of hydrogen-bond donors (Lipinski definition) is 2. The van der Waals surface area contributed by atoms with E-state index in [1.165, 1.54) is 0 Å². The van der Waals surface area contributed by atoms with Gasteiger partial charge in [-0.3, -0.25) is 4.79 Å². The predicted molar refractivity (Wildman–Crippen MR) is 89.3 cm³/mol. The van der Waals surface area contributed by atoms with Gasteiger partial charge >= 0.3 is 23.0 Å². The largest absolute Gasteiger partial charge is 2.00 e. The average Bonchev–Trinajstić information content (AvgIpc) is 3.24. The van der Waals surface area contributed by atoms with Gasteiger partial charge in [0.05, 0.1) is 0 Å². The minimum atomic E-state index is -0.838. The third kappa shape index (κ3) is 7.00. The van der Waals surface area contributed by atoms with Crippen molar-refractivity contribution in [1.82, 2.24) is 0 Å². The second-order valence-corrected chi connectivity index (χ2v) is 4.86. The SMILES string of the molecule is O=C(O)C(Cc1ccccc1)N[c-]1cccc1.[Fe+2].c1cc[cH-]c1. The molecule has 0 spiro atoms. The standard InChI is InChI=1S/C14H14NO2.C5H5.Fe/c16-14(17)13(15-12-8-4-5-9-12)10-11-6-2-1-3-7-11;1-2-4-5-3-1;/h1-9,13,15H,10H2,(H,16,17);1-5H;/q2*-1;+2. The summed E-state index contributed by atoms with van der Waals surface area (Å²) in [6.07, 6.45) is 0.474. The normalized spacial score (nSPS) is 10.6. The van der Waals surface area contributed by atoms with Crippen molar-refractivity contribution in [3.8, 4) is 0 Å². The zero-order valence-corrected chi connectivity index (χ0v) is 13.7. The van der Waals surface area contributed by atoms with Crippen molar-refractivity contribution in [1.29, 1.82) is 0 Å². The molecule has 0 aliphatic heterocycles. The molecule has 0 heterocycles. The number of aliphatic carboxylic acids is 1. The van der Waals surface area contributed by atoms with E-state index in [1.54, 1.807) is 0 Å². The fraction of sp³-hybridized carbons (Fsp3) is 0.105. The molecule has 0 radical (unpaired) electrons. The molecule has 0 saturated heterocycles. The molecule has 0 aliphatic rings. The van der Waals surface area contributed by atoms with E-state index >= 15 is 0 Å². The van der Waals surface area contributed by atoms with Crippen molar-refractivity contribution in [3.05, 3.63) is 90.5 Å². The third-order valence-corrected chi connectivity index (χ3v) is 3.14. The van der Waals surface area contributed by atoms with E-state index in [4.69, 9.17) is 0 Å². The average molecular weight is 349 g/mol. The maximum absolute atomic E-state index is 11.2. The molecule has 0 bridgehead atoms. The Morgan fingerprint density at radius 2 is 1.65 bits per heavy atom. The van der Waals surface area contributed by atoms with Gasteiger partial charge in [-0.15, -0.1) is 0 Å². The van der Waals surface area contributed by atoms with Crippen LogP contribution in [0.3, 0.4) is 0 Å². The van der Waals surface area contributed by atoms with E-state index in [0.717, 1.165) is 11.3 Å². The molecule has 0 aliphatic carbocycles. The Morgan fingerprint density at radius 3 is 2.13 bits per heavy atom. The van der Waals surface area contributed by atoms with Crippen LogP contribution < -0.4 is 5.32 Å². The van der Waals surface area contributed by atoms with Crippen LogP contribution in [0.5, 0.6) is 0 Å². The maximum atomic E-state index is 11.2. The number of carbonyl (C=O) groups is 1. The van der Waals surface area contributed by atoms with E-state index in [-0.39, 0.29) is 17.1 Å². The van der Waals surface area contributed by atoms with Gasteiger partial charge in [0.15, 0.2) is 0 Å². The fourth-order valence-electron chi connectivity index (χ4n) is 2.04. The molecule has 120 valence electrons. The number of carboxylic acids is 1. The van der Waals surface area contributed by atoms with E-state index in [0.29, 0.717) is 6.42 Å². The minimum Gasteiger partial charge on any atom is -0.480 e. The van der Waals surface area contributed by atoms with Crippen LogP contribution in [-0.4, -0.2) is 17.1 Å². The van der Waals surface area contributed by atoms with Gasteiger partial charge in [0, 0.05) is 6.42 Å². The molecule has 3 aromatic rings. The predicted octanol–water partition coefficient (Wildman–Crippen LogP) is 3.92. The molecule has 0 saturated carbocycles. The molecule has 23 heavy (non-hydrogen) atoms. The van der Waals surface area contributed by atoms with Gasteiger partial charge in [0.25, 0.3) is 0 Å². The Morgan fingerprint density at radius 1 is 1.04 bits per heavy atom. The summed E-state index contributed by atoms with van der Waals surface area (Å²) in [5, 5.41) is 12.2. The van der Waals surface area contributed by atoms with Gasteiger partial charge in [-0.05, 0) is 5.56 Å². The molecular formula is C19H19FeNO2. The third-order valence-electron chi connectivity index (χ3n) is 3.14. The Kier molecular flexibility index (Phi) is 8.51. The molecule has 2 N–H and O–H groups in total. The number of carboxylic acid groups (broad SMARTS) is 1. The molecule has 4 heteroatoms. The van der Waals surface area contributed by atoms with E-state index in [2.05, 4.69) is 5.32 Å². The zero-order valence-electron chi connectivity index (χ0n) is 12.6. The summed E-state index contributed by atoms with van der Waals surface area (Å²) in [6, 6.07) is 26.5. The monoisotopic (exact) mass is 349 g/mol. The van der Waals surface area contributed by atoms with E-state index < -0.39 is 12.0 Å². The van der Waals surface area contributed by atoms with E-state index in [1.807, 2.05) is 84.9 Å². The van der Waals surface area contributed by atoms with Gasteiger partial charge in [0.2, 0.25) is 0 Å². The maximum Gasteiger partial charge on any atom is 2.00 e. The van der Waals surface area contributed by atoms with Crippen molar-refractivity contribution in [2.24, 2.45) is 0 Å². The fourth-order valence-corrected chi connectivity index (χ4v) is 2.04. The van der Waals surface area contributed by atoms with Crippen LogP contribution in [-0.2, 0) is 28.3 Å². The molecule has 3 rings (SSSR count). The molecule has 1 unspecified atom stereocenters. The summed E-state index contributed by atoms with van der Waals surface area (Å²) in [6.45, 7) is 0. The molecule has 0 aromatic heterocycles. The van der Waals surface area contributed by atoms with Crippen molar-refractivity contribution >= 4 is 11.7 Å². The first-order valence-corrected chi connectivity index (χ1v) is 7.17. The van der Waals surface area contributed by atoms with Crippen LogP contribution in [0.15, 0.2) is 84.9 Å². The second kappa shape index (κ2) is 10.4. The zero-order chi connectivity index (χ0) is 15.6. The molecular weight excluding hydrogens is 330 g/mol. The molecule has 3 nitrogen and oxygen atoms in total. The molecule has 1 atom stereocenters. The Bertz CT molecular complexity index is 616. The molecule has 0 amide bonds. The van der Waals surface area contributed by atoms with Crippen LogP contribution in [0.25, 0.3) is 0 Å². The van der Waals surface area contributed by atoms with Gasteiger partial charge in [0.1, 0.15) is 6.04 Å². The van der Waals surface area contributed by atoms with Gasteiger partial charge < -0.3 is 10.4 Å². The van der Waals surface area contributed by atoms with Gasteiger partial charge in [-0.2, -0.15) is 30.3 Å². The summed E-state index contributed by atoms with van der Waals surface area (Å²) in [4.78, 5) is 11.2. The van der Waals surface area contributed by atoms with Crippen LogP contribution in [0, 0.1) is 0 Å². The summed E-state index contributed by atoms with van der Waals surface area (Å²) in [7, 11) is 0. The molecule has 0 fully saturated rings. The van der Waals surface area contributed by atoms with Crippen molar-refractivity contribution < 1.29 is 27.0 Å². The number of anilines is 1. The van der Waals surface area contributed by atoms with Crippen molar-refractivity contribution in [3.63, 3.8) is 0 Å². The van der Waals surface area contributed by atoms with Crippen LogP contribution in [0.4, 0.5) is 5.69 Å². The number of rotatable bonds is 5. The van der Waals surface area contributed by atoms with Crippen LogP contribution in [0.1, 0.15) is 5.56 Å². The first-order valence-electron chi connectivity index (χ1n) is 7.17. The van der Waals surface area contributed by atoms with Gasteiger partial charge in [-0.1, -0.05) is 36.0 Å². The van der Waals surface area contributed by atoms with Crippen LogP contribution >= 0.6 is 0 Å². The summed E-state index contributed by atoms with van der Waals surface area (Å²) in [5.41, 5.74) is 1.85. The summed E-state index contributed by atoms with van der Waals surface area (Å²) >= 11 is 0. The topological polar surface area (TPSA) is 49.3 Å². The first-order chi connectivity index (χ1) is 10.8. The Labute approximate surface area is 147 Å².